The molecule has 0 aromatic carbocycles. The number of amides is 1. The van der Waals surface area contributed by atoms with E-state index in [9.17, 15) is 9.59 Å². The third-order valence-electron chi connectivity index (χ3n) is 3.09. The number of rotatable bonds is 11. The Morgan fingerprint density at radius 1 is 0.815 bits per heavy atom. The Morgan fingerprint density at radius 2 is 1.33 bits per heavy atom. The first-order chi connectivity index (χ1) is 12.0. The van der Waals surface area contributed by atoms with Gasteiger partial charge in [-0.1, -0.05) is 0 Å². The van der Waals surface area contributed by atoms with E-state index < -0.39 is 45.6 Å². The van der Waals surface area contributed by atoms with Crippen molar-refractivity contribution in [2.24, 2.45) is 0 Å². The first-order valence-electron chi connectivity index (χ1n) is 9.54. The van der Waals surface area contributed by atoms with Gasteiger partial charge in [-0.3, -0.25) is 4.79 Å². The van der Waals surface area contributed by atoms with Gasteiger partial charge < -0.3 is 22.4 Å². The zero-order valence-corrected chi connectivity index (χ0v) is 22.8. The van der Waals surface area contributed by atoms with Gasteiger partial charge in [0.1, 0.15) is 0 Å². The van der Waals surface area contributed by atoms with Gasteiger partial charge in [0.05, 0.1) is 6.61 Å². The van der Waals surface area contributed by atoms with E-state index in [0.29, 0.717) is 13.0 Å². The number of hydrogen-bond donors (Lipinski definition) is 1. The molecular formula is C16H39NO6Si4. The average Bonchev–Trinajstić information content (AvgIpc) is 2.37. The highest BCUT2D eigenvalue weighted by molar-refractivity contribution is 6.89. The molecule has 0 aliphatic rings. The number of carbonyl (C=O) groups excluding carboxylic acids is 2. The fraction of sp³-hybridized carbons (Fsp3) is 0.875. The number of hydrogen-bond acceptors (Lipinski definition) is 6. The Labute approximate surface area is 169 Å². The van der Waals surface area contributed by atoms with Crippen molar-refractivity contribution >= 4 is 45.6 Å². The Balaban J connectivity index is 4.90. The molecule has 0 spiro atoms. The summed E-state index contributed by atoms with van der Waals surface area (Å²) in [5.74, 6) is -1.55. The molecule has 1 N–H and O–H groups in total. The molecule has 1 atom stereocenters. The second-order valence-corrected chi connectivity index (χ2v) is 25.6. The number of ether oxygens (including phenoxy) is 1. The van der Waals surface area contributed by atoms with Gasteiger partial charge in [-0.05, 0) is 78.3 Å². The smallest absolute Gasteiger partial charge is 0.396 e. The Bertz CT molecular complexity index is 504. The molecule has 0 aliphatic carbocycles. The number of carbonyl (C=O) groups is 2. The number of esters is 1. The lowest BCUT2D eigenvalue weighted by Gasteiger charge is -2.41. The normalized spacial score (nSPS) is 15.2. The summed E-state index contributed by atoms with van der Waals surface area (Å²) in [5, 5.41) is 2.60. The molecule has 1 amide bonds. The maximum Gasteiger partial charge on any atom is 0.396 e. The summed E-state index contributed by atoms with van der Waals surface area (Å²) in [7, 11) is -8.33. The standard InChI is InChI=1S/C16H39NO6Si4/c1-11-20-16(19)15(18)17-13-12-14-27(10,22-25(5,6)7)23-26(8,9)21-24(2,3)4/h11-14H2,1-10H3,(H,17,18). The van der Waals surface area contributed by atoms with Gasteiger partial charge in [-0.25, -0.2) is 4.79 Å². The molecule has 0 rings (SSSR count). The van der Waals surface area contributed by atoms with E-state index in [0.717, 1.165) is 6.04 Å². The van der Waals surface area contributed by atoms with Crippen LogP contribution in [0.1, 0.15) is 13.3 Å². The predicted octanol–water partition coefficient (Wildman–Crippen LogP) is 3.55. The minimum atomic E-state index is -2.48. The molecular weight excluding hydrogens is 415 g/mol. The highest BCUT2D eigenvalue weighted by Crippen LogP contribution is 2.27. The Morgan fingerprint density at radius 3 is 1.78 bits per heavy atom. The van der Waals surface area contributed by atoms with Gasteiger partial charge >= 0.3 is 29.0 Å². The third kappa shape index (κ3) is 13.5. The summed E-state index contributed by atoms with van der Waals surface area (Å²) in [6.45, 7) is 21.4. The van der Waals surface area contributed by atoms with Crippen molar-refractivity contribution in [3.05, 3.63) is 0 Å². The van der Waals surface area contributed by atoms with Crippen LogP contribution < -0.4 is 5.32 Å². The second kappa shape index (κ2) is 10.5. The van der Waals surface area contributed by atoms with Gasteiger partial charge in [0.15, 0.2) is 16.6 Å². The molecule has 0 radical (unpaired) electrons. The molecule has 27 heavy (non-hydrogen) atoms. The molecule has 1 unspecified atom stereocenters. The van der Waals surface area contributed by atoms with Gasteiger partial charge in [0.2, 0.25) is 0 Å². The summed E-state index contributed by atoms with van der Waals surface area (Å²) in [4.78, 5) is 23.0. The topological polar surface area (TPSA) is 83.1 Å². The van der Waals surface area contributed by atoms with Gasteiger partial charge in [0, 0.05) is 6.54 Å². The van der Waals surface area contributed by atoms with Crippen LogP contribution in [0.5, 0.6) is 0 Å². The van der Waals surface area contributed by atoms with Crippen LogP contribution in [0, 0.1) is 0 Å². The van der Waals surface area contributed by atoms with E-state index in [4.69, 9.17) is 12.3 Å². The van der Waals surface area contributed by atoms with Crippen molar-refractivity contribution in [2.75, 3.05) is 13.2 Å². The molecule has 11 heteroatoms. The first-order valence-corrected chi connectivity index (χ1v) is 21.7. The maximum absolute atomic E-state index is 11.6. The first kappa shape index (κ1) is 26.7. The Kier molecular flexibility index (Phi) is 10.3. The molecule has 0 fully saturated rings. The van der Waals surface area contributed by atoms with E-state index >= 15 is 0 Å². The van der Waals surface area contributed by atoms with Crippen LogP contribution in [0.15, 0.2) is 0 Å². The van der Waals surface area contributed by atoms with Crippen LogP contribution >= 0.6 is 0 Å². The van der Waals surface area contributed by atoms with Crippen LogP contribution in [0.3, 0.4) is 0 Å². The van der Waals surface area contributed by atoms with Crippen LogP contribution in [0.4, 0.5) is 0 Å². The summed E-state index contributed by atoms with van der Waals surface area (Å²) >= 11 is 0. The third-order valence-corrected chi connectivity index (χ3v) is 16.6. The van der Waals surface area contributed by atoms with E-state index in [1.807, 2.05) is 0 Å². The molecule has 0 heterocycles. The van der Waals surface area contributed by atoms with Gasteiger partial charge in [-0.2, -0.15) is 0 Å². The molecule has 7 nitrogen and oxygen atoms in total. The summed E-state index contributed by atoms with van der Waals surface area (Å²) in [6, 6.07) is 0.728. The van der Waals surface area contributed by atoms with E-state index in [1.54, 1.807) is 6.92 Å². The minimum absolute atomic E-state index is 0.186. The van der Waals surface area contributed by atoms with Crippen molar-refractivity contribution in [3.63, 3.8) is 0 Å². The zero-order valence-electron chi connectivity index (χ0n) is 18.8. The van der Waals surface area contributed by atoms with Crippen molar-refractivity contribution in [3.8, 4) is 0 Å². The fourth-order valence-corrected chi connectivity index (χ4v) is 20.9. The van der Waals surface area contributed by atoms with E-state index in [1.165, 1.54) is 0 Å². The van der Waals surface area contributed by atoms with Crippen molar-refractivity contribution in [1.82, 2.24) is 5.32 Å². The zero-order chi connectivity index (χ0) is 21.5. The lowest BCUT2D eigenvalue weighted by molar-refractivity contribution is -0.154. The molecule has 0 aromatic rings. The molecule has 0 saturated carbocycles. The molecule has 0 saturated heterocycles. The summed E-state index contributed by atoms with van der Waals surface area (Å²) in [6.07, 6.45) is 0.676. The van der Waals surface area contributed by atoms with Crippen molar-refractivity contribution in [1.29, 1.82) is 0 Å². The highest BCUT2D eigenvalue weighted by atomic mass is 28.5. The molecule has 0 bridgehead atoms. The number of nitrogens with one attached hydrogen (secondary N) is 1. The second-order valence-electron chi connectivity index (χ2n) is 9.14. The molecule has 0 aromatic heterocycles. The van der Waals surface area contributed by atoms with Crippen LogP contribution in [0.25, 0.3) is 0 Å². The Hall–Kier alpha value is -0.312. The van der Waals surface area contributed by atoms with E-state index in [-0.39, 0.29) is 6.61 Å². The monoisotopic (exact) mass is 453 g/mol. The SMILES string of the molecule is CCOC(=O)C(=O)NCCC[Si](C)(O[Si](C)(C)C)O[Si](C)(C)O[Si](C)(C)C. The molecule has 0 aliphatic heterocycles. The summed E-state index contributed by atoms with van der Waals surface area (Å²) < 4.78 is 24.1. The summed E-state index contributed by atoms with van der Waals surface area (Å²) in [5.41, 5.74) is 0. The largest absolute Gasteiger partial charge is 0.459 e. The van der Waals surface area contributed by atoms with Gasteiger partial charge in [-0.15, -0.1) is 0 Å². The van der Waals surface area contributed by atoms with E-state index in [2.05, 4.69) is 69.0 Å². The lowest BCUT2D eigenvalue weighted by atomic mass is 10.4. The lowest BCUT2D eigenvalue weighted by Crippen LogP contribution is -2.57. The van der Waals surface area contributed by atoms with Crippen LogP contribution in [-0.2, 0) is 26.7 Å². The fourth-order valence-electron chi connectivity index (χ4n) is 2.93. The van der Waals surface area contributed by atoms with Crippen LogP contribution in [0.2, 0.25) is 65.0 Å². The predicted molar refractivity (Wildman–Crippen MR) is 118 cm³/mol. The minimum Gasteiger partial charge on any atom is -0.459 e. The van der Waals surface area contributed by atoms with Crippen molar-refractivity contribution in [2.45, 2.75) is 78.3 Å². The maximum atomic E-state index is 11.6. The highest BCUT2D eigenvalue weighted by Gasteiger charge is 2.44. The molecule has 160 valence electrons. The van der Waals surface area contributed by atoms with Crippen molar-refractivity contribution < 1.29 is 26.7 Å². The quantitative estimate of drug-likeness (QED) is 0.223. The van der Waals surface area contributed by atoms with Gasteiger partial charge in [0.25, 0.3) is 0 Å². The average molecular weight is 454 g/mol. The van der Waals surface area contributed by atoms with Crippen LogP contribution in [-0.4, -0.2) is 58.8 Å².